The Bertz CT molecular complexity index is 570. The van der Waals surface area contributed by atoms with Crippen molar-refractivity contribution in [2.45, 2.75) is 0 Å². The summed E-state index contributed by atoms with van der Waals surface area (Å²) in [5.41, 5.74) is 2.70. The molecule has 0 atom stereocenters. The van der Waals surface area contributed by atoms with Gasteiger partial charge in [0.25, 0.3) is 0 Å². The van der Waals surface area contributed by atoms with E-state index in [1.807, 2.05) is 24.3 Å². The summed E-state index contributed by atoms with van der Waals surface area (Å²) in [4.78, 5) is 4.23. The topological polar surface area (TPSA) is 54.5 Å². The van der Waals surface area contributed by atoms with E-state index in [1.165, 1.54) is 0 Å². The van der Waals surface area contributed by atoms with Gasteiger partial charge in [-0.15, -0.1) is 0 Å². The minimum Gasteiger partial charge on any atom is -0.256 e. The number of hydrogen-bond acceptors (Lipinski definition) is 3. The number of pyridine rings is 1. The van der Waals surface area contributed by atoms with E-state index in [-0.39, 0.29) is 0 Å². The molecule has 0 bridgehead atoms. The predicted molar refractivity (Wildman–Crippen MR) is 49.2 cm³/mol. The molecule has 0 radical (unpaired) electrons. The molecule has 2 heterocycles. The van der Waals surface area contributed by atoms with Crippen LogP contribution in [0, 0.1) is 0 Å². The average Bonchev–Trinajstić information content (AvgIpc) is 2.65. The lowest BCUT2D eigenvalue weighted by molar-refractivity contribution is 0.960. The van der Waals surface area contributed by atoms with Crippen molar-refractivity contribution in [1.82, 2.24) is 20.4 Å². The third-order valence-electron chi connectivity index (χ3n) is 2.07. The van der Waals surface area contributed by atoms with Crippen molar-refractivity contribution >= 4 is 21.9 Å². The number of fused-ring (bicyclic) bond motifs is 3. The van der Waals surface area contributed by atoms with Crippen LogP contribution < -0.4 is 0 Å². The molecule has 4 heteroatoms. The standard InChI is InChI=1S/C9H6N4/c1-2-6-7(10-5-1)3-4-8-9(6)12-13-11-8/h1-5H,(H,11,12,13). The van der Waals surface area contributed by atoms with Gasteiger partial charge >= 0.3 is 0 Å². The van der Waals surface area contributed by atoms with E-state index in [9.17, 15) is 0 Å². The summed E-state index contributed by atoms with van der Waals surface area (Å²) >= 11 is 0. The lowest BCUT2D eigenvalue weighted by atomic mass is 10.2. The second-order valence-corrected chi connectivity index (χ2v) is 2.83. The number of hydrogen-bond donors (Lipinski definition) is 1. The molecule has 3 rings (SSSR count). The molecular weight excluding hydrogens is 164 g/mol. The van der Waals surface area contributed by atoms with Gasteiger partial charge in [-0.05, 0) is 24.3 Å². The number of aromatic nitrogens is 4. The second-order valence-electron chi connectivity index (χ2n) is 2.83. The van der Waals surface area contributed by atoms with Gasteiger partial charge in [0.1, 0.15) is 11.0 Å². The van der Waals surface area contributed by atoms with E-state index >= 15 is 0 Å². The van der Waals surface area contributed by atoms with Gasteiger partial charge in [-0.25, -0.2) is 0 Å². The molecule has 0 spiro atoms. The van der Waals surface area contributed by atoms with Crippen molar-refractivity contribution in [3.8, 4) is 0 Å². The normalized spacial score (nSPS) is 11.1. The number of nitrogens with one attached hydrogen (secondary N) is 1. The van der Waals surface area contributed by atoms with Gasteiger partial charge in [0.05, 0.1) is 5.52 Å². The van der Waals surface area contributed by atoms with Gasteiger partial charge in [-0.2, -0.15) is 15.4 Å². The fourth-order valence-corrected chi connectivity index (χ4v) is 1.46. The molecule has 1 aromatic carbocycles. The fourth-order valence-electron chi connectivity index (χ4n) is 1.46. The van der Waals surface area contributed by atoms with E-state index in [0.29, 0.717) is 0 Å². The third kappa shape index (κ3) is 0.823. The molecule has 0 fully saturated rings. The molecule has 0 saturated carbocycles. The number of rotatable bonds is 0. The average molecular weight is 170 g/mol. The zero-order chi connectivity index (χ0) is 8.67. The molecule has 62 valence electrons. The van der Waals surface area contributed by atoms with Gasteiger partial charge in [-0.1, -0.05) is 0 Å². The van der Waals surface area contributed by atoms with Gasteiger partial charge in [-0.3, -0.25) is 4.98 Å². The number of nitrogens with zero attached hydrogens (tertiary/aromatic N) is 3. The van der Waals surface area contributed by atoms with Crippen molar-refractivity contribution in [1.29, 1.82) is 0 Å². The molecular formula is C9H6N4. The van der Waals surface area contributed by atoms with E-state index in [1.54, 1.807) is 6.20 Å². The summed E-state index contributed by atoms with van der Waals surface area (Å²) in [6.45, 7) is 0. The van der Waals surface area contributed by atoms with Crippen molar-refractivity contribution in [2.75, 3.05) is 0 Å². The zero-order valence-corrected chi connectivity index (χ0v) is 6.73. The maximum Gasteiger partial charge on any atom is 0.122 e. The Balaban J connectivity index is 2.65. The molecule has 0 unspecified atom stereocenters. The lowest BCUT2D eigenvalue weighted by Gasteiger charge is -1.94. The Kier molecular flexibility index (Phi) is 1.14. The summed E-state index contributed by atoms with van der Waals surface area (Å²) in [5, 5.41) is 11.7. The van der Waals surface area contributed by atoms with E-state index < -0.39 is 0 Å². The first-order valence-corrected chi connectivity index (χ1v) is 3.99. The first kappa shape index (κ1) is 6.54. The molecule has 0 aliphatic rings. The number of H-pyrrole nitrogens is 1. The van der Waals surface area contributed by atoms with Crippen LogP contribution >= 0.6 is 0 Å². The Morgan fingerprint density at radius 2 is 1.92 bits per heavy atom. The summed E-state index contributed by atoms with van der Waals surface area (Å²) in [6, 6.07) is 7.75. The van der Waals surface area contributed by atoms with E-state index in [2.05, 4.69) is 20.4 Å². The van der Waals surface area contributed by atoms with Crippen LogP contribution in [-0.2, 0) is 0 Å². The largest absolute Gasteiger partial charge is 0.256 e. The van der Waals surface area contributed by atoms with Crippen LogP contribution in [-0.4, -0.2) is 20.4 Å². The summed E-state index contributed by atoms with van der Waals surface area (Å²) in [7, 11) is 0. The minimum absolute atomic E-state index is 0.875. The van der Waals surface area contributed by atoms with Crippen molar-refractivity contribution in [3.05, 3.63) is 30.5 Å². The molecule has 0 saturated heterocycles. The van der Waals surface area contributed by atoms with Gasteiger partial charge < -0.3 is 0 Å². The highest BCUT2D eigenvalue weighted by atomic mass is 15.3. The highest BCUT2D eigenvalue weighted by Gasteiger charge is 2.02. The molecule has 1 N–H and O–H groups in total. The van der Waals surface area contributed by atoms with Crippen LogP contribution in [0.5, 0.6) is 0 Å². The fraction of sp³-hybridized carbons (Fsp3) is 0. The smallest absolute Gasteiger partial charge is 0.122 e. The quantitative estimate of drug-likeness (QED) is 0.556. The lowest BCUT2D eigenvalue weighted by Crippen LogP contribution is -1.78. The Morgan fingerprint density at radius 1 is 1.00 bits per heavy atom. The highest BCUT2D eigenvalue weighted by Crippen LogP contribution is 2.19. The van der Waals surface area contributed by atoms with Crippen molar-refractivity contribution < 1.29 is 0 Å². The van der Waals surface area contributed by atoms with Crippen LogP contribution in [0.4, 0.5) is 0 Å². The molecule has 13 heavy (non-hydrogen) atoms. The van der Waals surface area contributed by atoms with Gasteiger partial charge in [0.2, 0.25) is 0 Å². The van der Waals surface area contributed by atoms with Crippen molar-refractivity contribution in [2.24, 2.45) is 0 Å². The molecule has 0 amide bonds. The monoisotopic (exact) mass is 170 g/mol. The Hall–Kier alpha value is -1.97. The predicted octanol–water partition coefficient (Wildman–Crippen LogP) is 1.51. The maximum absolute atomic E-state index is 4.23. The van der Waals surface area contributed by atoms with Gasteiger partial charge in [0, 0.05) is 11.6 Å². The Labute approximate surface area is 73.6 Å². The summed E-state index contributed by atoms with van der Waals surface area (Å²) < 4.78 is 0. The van der Waals surface area contributed by atoms with E-state index in [4.69, 9.17) is 0 Å². The van der Waals surface area contributed by atoms with Crippen LogP contribution in [0.25, 0.3) is 21.9 Å². The Morgan fingerprint density at radius 3 is 2.92 bits per heavy atom. The maximum atomic E-state index is 4.23. The SMILES string of the molecule is c1cnc2ccc3n[nH]nc3c2c1. The van der Waals surface area contributed by atoms with Crippen LogP contribution in [0.3, 0.4) is 0 Å². The molecule has 2 aromatic heterocycles. The summed E-state index contributed by atoms with van der Waals surface area (Å²) in [5.74, 6) is 0. The molecule has 0 aliphatic carbocycles. The second kappa shape index (κ2) is 2.26. The summed E-state index contributed by atoms with van der Waals surface area (Å²) in [6.07, 6.45) is 1.77. The van der Waals surface area contributed by atoms with Crippen LogP contribution in [0.2, 0.25) is 0 Å². The van der Waals surface area contributed by atoms with Crippen LogP contribution in [0.15, 0.2) is 30.5 Å². The third-order valence-corrected chi connectivity index (χ3v) is 2.07. The number of benzene rings is 1. The van der Waals surface area contributed by atoms with E-state index in [0.717, 1.165) is 21.9 Å². The van der Waals surface area contributed by atoms with Crippen molar-refractivity contribution in [3.63, 3.8) is 0 Å². The minimum atomic E-state index is 0.875. The highest BCUT2D eigenvalue weighted by molar-refractivity contribution is 6.01. The first-order valence-electron chi connectivity index (χ1n) is 3.99. The molecule has 0 aliphatic heterocycles. The molecule has 4 nitrogen and oxygen atoms in total. The first-order chi connectivity index (χ1) is 6.45. The van der Waals surface area contributed by atoms with Crippen LogP contribution in [0.1, 0.15) is 0 Å². The van der Waals surface area contributed by atoms with Gasteiger partial charge in [0.15, 0.2) is 0 Å². The zero-order valence-electron chi connectivity index (χ0n) is 6.73. The number of aromatic amines is 1. The molecule has 3 aromatic rings.